The minimum Gasteiger partial charge on any atom is -0.545 e. The number of carboxylic acid groups (broad SMARTS) is 1. The van der Waals surface area contributed by atoms with Crippen LogP contribution in [0.3, 0.4) is 0 Å². The summed E-state index contributed by atoms with van der Waals surface area (Å²) in [5, 5.41) is 21.3. The Kier molecular flexibility index (Phi) is 6.12. The van der Waals surface area contributed by atoms with Gasteiger partial charge < -0.3 is 20.5 Å². The highest BCUT2D eigenvalue weighted by Crippen LogP contribution is 2.59. The number of amides is 4. The Hall–Kier alpha value is -4.23. The average Bonchev–Trinajstić information content (AvgIpc) is 3.25. The van der Waals surface area contributed by atoms with Gasteiger partial charge in [0.15, 0.2) is 5.82 Å². The fourth-order valence-corrected chi connectivity index (χ4v) is 5.76. The van der Waals surface area contributed by atoms with Gasteiger partial charge in [0.1, 0.15) is 5.82 Å². The molecule has 1 saturated carbocycles. The van der Waals surface area contributed by atoms with Gasteiger partial charge in [0.25, 0.3) is 0 Å². The molecule has 4 rings (SSSR count). The van der Waals surface area contributed by atoms with E-state index in [9.17, 15) is 42.3 Å². The van der Waals surface area contributed by atoms with E-state index >= 15 is 0 Å². The maximum absolute atomic E-state index is 13.6. The van der Waals surface area contributed by atoms with Crippen molar-refractivity contribution in [1.82, 2.24) is 10.2 Å². The number of aromatic amines is 1. The zero-order chi connectivity index (χ0) is 28.3. The molecule has 2 bridgehead atoms. The van der Waals surface area contributed by atoms with Crippen LogP contribution >= 0.6 is 0 Å². The average molecular weight is 534 g/mol. The number of nitrogens with one attached hydrogen (secondary N) is 3. The summed E-state index contributed by atoms with van der Waals surface area (Å²) in [6, 6.07) is 6.41. The molecule has 1 aromatic heterocycles. The normalized spacial score (nSPS) is 27.2. The number of carboxylic acids is 1. The van der Waals surface area contributed by atoms with Gasteiger partial charge in [-0.15, -0.1) is 0 Å². The van der Waals surface area contributed by atoms with Crippen LogP contribution in [-0.2, 0) is 19.2 Å². The number of aromatic carboxylic acids is 1. The fourth-order valence-electron chi connectivity index (χ4n) is 5.76. The number of anilines is 3. The number of hydrogen-bond acceptors (Lipinski definition) is 7. The van der Waals surface area contributed by atoms with Gasteiger partial charge >= 0.3 is 12.1 Å². The minimum absolute atomic E-state index is 0.0201. The number of hydrogen-bond donors (Lipinski definition) is 3. The van der Waals surface area contributed by atoms with Crippen LogP contribution in [0.1, 0.15) is 50.4 Å². The van der Waals surface area contributed by atoms with Crippen molar-refractivity contribution < 1.29 is 42.3 Å². The second-order valence-corrected chi connectivity index (χ2v) is 10.6. The minimum atomic E-state index is -5.16. The molecule has 3 N–H and O–H groups in total. The van der Waals surface area contributed by atoms with Crippen molar-refractivity contribution in [2.45, 2.75) is 46.2 Å². The number of imide groups is 1. The monoisotopic (exact) mass is 534 g/mol. The largest absolute Gasteiger partial charge is 0.545 e. The Morgan fingerprint density at radius 1 is 1.00 bits per heavy atom. The molecule has 0 spiro atoms. The molecule has 202 valence electrons. The highest BCUT2D eigenvalue weighted by molar-refractivity contribution is 6.20. The van der Waals surface area contributed by atoms with E-state index in [0.29, 0.717) is 0 Å². The number of piperidine rings is 1. The lowest BCUT2D eigenvalue weighted by molar-refractivity contribution is -0.255. The first kappa shape index (κ1) is 26.8. The number of benzene rings is 1. The summed E-state index contributed by atoms with van der Waals surface area (Å²) in [6.07, 6.45) is -4.99. The van der Waals surface area contributed by atoms with Gasteiger partial charge in [-0.2, -0.15) is 18.3 Å². The Balaban J connectivity index is 1.60. The van der Waals surface area contributed by atoms with Gasteiger partial charge in [-0.1, -0.05) is 32.9 Å². The first-order chi connectivity index (χ1) is 17.5. The van der Waals surface area contributed by atoms with Crippen molar-refractivity contribution in [3.63, 3.8) is 0 Å². The highest BCUT2D eigenvalue weighted by atomic mass is 19.4. The molecule has 2 atom stereocenters. The summed E-state index contributed by atoms with van der Waals surface area (Å²) >= 11 is 0. The van der Waals surface area contributed by atoms with Crippen molar-refractivity contribution in [3.8, 4) is 0 Å². The lowest BCUT2D eigenvalue weighted by Crippen LogP contribution is -2.65. The Bertz CT molecular complexity index is 1340. The first-order valence-corrected chi connectivity index (χ1v) is 11.4. The predicted molar refractivity (Wildman–Crippen MR) is 123 cm³/mol. The van der Waals surface area contributed by atoms with Crippen molar-refractivity contribution >= 4 is 46.9 Å². The molecule has 1 aliphatic carbocycles. The molecule has 4 amide bonds. The predicted octanol–water partition coefficient (Wildman–Crippen LogP) is 1.99. The van der Waals surface area contributed by atoms with Crippen LogP contribution in [0.5, 0.6) is 0 Å². The van der Waals surface area contributed by atoms with Gasteiger partial charge in [0, 0.05) is 28.0 Å². The van der Waals surface area contributed by atoms with E-state index in [2.05, 4.69) is 15.5 Å². The van der Waals surface area contributed by atoms with E-state index in [1.165, 1.54) is 24.3 Å². The molecule has 2 unspecified atom stereocenters. The van der Waals surface area contributed by atoms with E-state index < -0.39 is 57.8 Å². The molecule has 1 saturated heterocycles. The number of nitrogens with zero attached hydrogens (tertiary/aromatic N) is 2. The van der Waals surface area contributed by atoms with Crippen molar-refractivity contribution in [2.24, 2.45) is 16.2 Å². The third kappa shape index (κ3) is 4.61. The number of carbonyl (C=O) groups is 5. The van der Waals surface area contributed by atoms with Crippen LogP contribution in [0.2, 0.25) is 0 Å². The summed E-state index contributed by atoms with van der Waals surface area (Å²) < 4.78 is 37.7. The van der Waals surface area contributed by atoms with Crippen LogP contribution < -0.4 is 20.6 Å². The van der Waals surface area contributed by atoms with Crippen LogP contribution in [0, 0.1) is 16.2 Å². The van der Waals surface area contributed by atoms with Gasteiger partial charge in [-0.05, 0) is 37.0 Å². The summed E-state index contributed by atoms with van der Waals surface area (Å²) in [5.74, 6) is -6.34. The van der Waals surface area contributed by atoms with E-state index in [1.54, 1.807) is 26.1 Å². The number of aromatic nitrogens is 2. The number of fused-ring (bicyclic) bond motifs is 2. The molecule has 11 nitrogen and oxygen atoms in total. The van der Waals surface area contributed by atoms with Crippen LogP contribution in [0.25, 0.3) is 0 Å². The van der Waals surface area contributed by atoms with Gasteiger partial charge in [-0.3, -0.25) is 24.3 Å². The van der Waals surface area contributed by atoms with Gasteiger partial charge in [-0.25, -0.2) is 4.90 Å². The second kappa shape index (κ2) is 8.67. The number of carbonyl (C=O) groups excluding carboxylic acids is 5. The molecular formula is C24H23F3N5O6-. The zero-order valence-electron chi connectivity index (χ0n) is 20.5. The Morgan fingerprint density at radius 2 is 1.61 bits per heavy atom. The van der Waals surface area contributed by atoms with E-state index in [-0.39, 0.29) is 36.3 Å². The topological polar surface area (TPSA) is 164 Å². The van der Waals surface area contributed by atoms with E-state index in [0.717, 1.165) is 11.0 Å². The van der Waals surface area contributed by atoms with Gasteiger partial charge in [0.05, 0.1) is 5.97 Å². The zero-order valence-corrected chi connectivity index (χ0v) is 20.5. The molecule has 2 fully saturated rings. The molecule has 14 heteroatoms. The van der Waals surface area contributed by atoms with E-state index in [1.807, 2.05) is 0 Å². The molecule has 2 heterocycles. The molecule has 2 aromatic rings. The van der Waals surface area contributed by atoms with Crippen LogP contribution in [0.4, 0.5) is 30.5 Å². The van der Waals surface area contributed by atoms with E-state index in [4.69, 9.17) is 0 Å². The Morgan fingerprint density at radius 3 is 2.16 bits per heavy atom. The Labute approximate surface area is 213 Å². The lowest BCUT2D eigenvalue weighted by atomic mass is 9.51. The highest BCUT2D eigenvalue weighted by Gasteiger charge is 2.63. The van der Waals surface area contributed by atoms with Crippen molar-refractivity contribution in [2.75, 3.05) is 15.5 Å². The quantitative estimate of drug-likeness (QED) is 0.494. The fraction of sp³-hybridized carbons (Fsp3) is 0.417. The summed E-state index contributed by atoms with van der Waals surface area (Å²) in [7, 11) is 0. The third-order valence-corrected chi connectivity index (χ3v) is 6.98. The number of alkyl halides is 3. The molecule has 0 radical (unpaired) electrons. The molecule has 38 heavy (non-hydrogen) atoms. The third-order valence-electron chi connectivity index (χ3n) is 6.98. The first-order valence-electron chi connectivity index (χ1n) is 11.4. The standard InChI is InChI=1S/C24H24F3N5O6/c1-21(17(35)28-13-6-4-5-12(7-13)16(33)34)9-22(2)11-23(3,10-21)20(38)32(19(22)37)15-8-14(30-31-15)29-18(36)24(25,26)27/h4-8H,9-11H2,1-3H3,(H,28,35)(H,33,34)(H2,29,30,31,36)/p-1. The second-order valence-electron chi connectivity index (χ2n) is 10.6. The number of halogens is 3. The smallest absolute Gasteiger partial charge is 0.471 e. The molecule has 2 aliphatic rings. The van der Waals surface area contributed by atoms with Crippen LogP contribution in [-0.4, -0.2) is 46.0 Å². The van der Waals surface area contributed by atoms with Crippen LogP contribution in [0.15, 0.2) is 30.3 Å². The lowest BCUT2D eigenvalue weighted by Gasteiger charge is -2.55. The summed E-state index contributed by atoms with van der Waals surface area (Å²) in [6.45, 7) is 4.79. The SMILES string of the molecule is CC1(C(=O)Nc2cccc(C(=O)[O-])c2)CC2(C)CC(C)(C1)C(=O)N(c1cc(NC(=O)C(F)(F)F)[nH]n1)C2=O. The summed E-state index contributed by atoms with van der Waals surface area (Å²) in [5.41, 5.74) is -3.61. The van der Waals surface area contributed by atoms with Crippen molar-refractivity contribution in [1.29, 1.82) is 0 Å². The van der Waals surface area contributed by atoms with Crippen molar-refractivity contribution in [3.05, 3.63) is 35.9 Å². The molecule has 1 aliphatic heterocycles. The van der Waals surface area contributed by atoms with Gasteiger partial charge in [0.2, 0.25) is 17.7 Å². The maximum Gasteiger partial charge on any atom is 0.471 e. The molecular weight excluding hydrogens is 511 g/mol. The number of rotatable bonds is 5. The number of H-pyrrole nitrogens is 1. The molecule has 1 aromatic carbocycles. The summed E-state index contributed by atoms with van der Waals surface area (Å²) in [4.78, 5) is 63.7. The maximum atomic E-state index is 13.6.